The number of alkyl carbamates (subject to hydrolysis) is 1. The maximum absolute atomic E-state index is 11.8. The fraction of sp³-hybridized carbons (Fsp3) is 0.846. The molecule has 0 rings (SSSR count). The Kier molecular flexibility index (Phi) is 11.4. The number of nitrogens with one attached hydrogen (secondary N) is 1. The summed E-state index contributed by atoms with van der Waals surface area (Å²) < 4.78 is 10.2. The summed E-state index contributed by atoms with van der Waals surface area (Å²) >= 11 is 0. The SMILES string of the molecule is C[C@H](O)[C@H](NC(=O)OC(C)(C)C)C(=O)OC(C)(C)C.S.S. The molecular weight excluding hydrogens is 314 g/mol. The summed E-state index contributed by atoms with van der Waals surface area (Å²) in [6, 6.07) is -1.16. The molecule has 0 aromatic carbocycles. The Morgan fingerprint density at radius 3 is 1.62 bits per heavy atom. The van der Waals surface area contributed by atoms with Crippen LogP contribution in [0.4, 0.5) is 4.79 Å². The molecule has 0 spiro atoms. The van der Waals surface area contributed by atoms with Gasteiger partial charge in [0.25, 0.3) is 0 Å². The van der Waals surface area contributed by atoms with Gasteiger partial charge >= 0.3 is 12.1 Å². The first-order valence-electron chi connectivity index (χ1n) is 6.22. The molecule has 8 heteroatoms. The molecule has 128 valence electrons. The minimum Gasteiger partial charge on any atom is -0.458 e. The summed E-state index contributed by atoms with van der Waals surface area (Å²) in [4.78, 5) is 23.4. The van der Waals surface area contributed by atoms with E-state index in [9.17, 15) is 14.7 Å². The van der Waals surface area contributed by atoms with Crippen molar-refractivity contribution in [1.82, 2.24) is 5.32 Å². The Labute approximate surface area is 140 Å². The molecule has 0 bridgehead atoms. The van der Waals surface area contributed by atoms with Crippen molar-refractivity contribution in [2.45, 2.75) is 71.8 Å². The van der Waals surface area contributed by atoms with E-state index in [1.54, 1.807) is 41.5 Å². The molecule has 2 atom stereocenters. The quantitative estimate of drug-likeness (QED) is 0.764. The topological polar surface area (TPSA) is 84.9 Å². The van der Waals surface area contributed by atoms with Gasteiger partial charge in [-0.05, 0) is 48.5 Å². The zero-order chi connectivity index (χ0) is 15.4. The first-order valence-corrected chi connectivity index (χ1v) is 6.22. The fourth-order valence-corrected chi connectivity index (χ4v) is 1.18. The summed E-state index contributed by atoms with van der Waals surface area (Å²) in [7, 11) is 0. The van der Waals surface area contributed by atoms with Crippen LogP contribution >= 0.6 is 27.0 Å². The Hall–Kier alpha value is -0.600. The molecule has 0 aliphatic heterocycles. The van der Waals surface area contributed by atoms with Gasteiger partial charge < -0.3 is 19.9 Å². The Morgan fingerprint density at radius 2 is 1.33 bits per heavy atom. The lowest BCUT2D eigenvalue weighted by Crippen LogP contribution is -2.51. The van der Waals surface area contributed by atoms with E-state index < -0.39 is 35.4 Å². The smallest absolute Gasteiger partial charge is 0.408 e. The number of hydrogen-bond acceptors (Lipinski definition) is 5. The number of carbonyl (C=O) groups excluding carboxylic acids is 2. The molecule has 0 radical (unpaired) electrons. The lowest BCUT2D eigenvalue weighted by Gasteiger charge is -2.27. The Balaban J connectivity index is -0.00000162. The van der Waals surface area contributed by atoms with E-state index in [0.717, 1.165) is 0 Å². The average molecular weight is 344 g/mol. The summed E-state index contributed by atoms with van der Waals surface area (Å²) in [6.45, 7) is 11.6. The van der Waals surface area contributed by atoms with Gasteiger partial charge in [0, 0.05) is 0 Å². The molecule has 6 nitrogen and oxygen atoms in total. The maximum Gasteiger partial charge on any atom is 0.408 e. The Bertz CT molecular complexity index is 334. The zero-order valence-corrected chi connectivity index (χ0v) is 15.7. The number of hydrogen-bond donors (Lipinski definition) is 2. The van der Waals surface area contributed by atoms with Gasteiger partial charge in [-0.3, -0.25) is 0 Å². The molecule has 0 aromatic heterocycles. The number of rotatable bonds is 3. The van der Waals surface area contributed by atoms with Crippen molar-refractivity contribution in [2.75, 3.05) is 0 Å². The van der Waals surface area contributed by atoms with Crippen LogP contribution in [0.1, 0.15) is 48.5 Å². The first kappa shape index (κ1) is 25.4. The van der Waals surface area contributed by atoms with Crippen LogP contribution in [0.3, 0.4) is 0 Å². The lowest BCUT2D eigenvalue weighted by atomic mass is 10.1. The van der Waals surface area contributed by atoms with E-state index in [4.69, 9.17) is 9.47 Å². The van der Waals surface area contributed by atoms with Crippen molar-refractivity contribution in [3.63, 3.8) is 0 Å². The number of amides is 1. The number of aliphatic hydroxyl groups excluding tert-OH is 1. The van der Waals surface area contributed by atoms with Gasteiger partial charge in [-0.15, -0.1) is 0 Å². The maximum atomic E-state index is 11.8. The first-order chi connectivity index (χ1) is 8.32. The molecule has 1 amide bonds. The predicted octanol–water partition coefficient (Wildman–Crippen LogP) is 1.83. The number of esters is 1. The molecule has 0 fully saturated rings. The van der Waals surface area contributed by atoms with E-state index in [1.165, 1.54) is 6.92 Å². The second-order valence-electron chi connectivity index (χ2n) is 6.40. The lowest BCUT2D eigenvalue weighted by molar-refractivity contribution is -0.160. The van der Waals surface area contributed by atoms with Crippen LogP contribution < -0.4 is 5.32 Å². The van der Waals surface area contributed by atoms with Gasteiger partial charge in [0.15, 0.2) is 6.04 Å². The van der Waals surface area contributed by atoms with Gasteiger partial charge in [0.1, 0.15) is 11.2 Å². The van der Waals surface area contributed by atoms with Gasteiger partial charge in [-0.25, -0.2) is 9.59 Å². The van der Waals surface area contributed by atoms with Crippen LogP contribution in [-0.2, 0) is 14.3 Å². The number of aliphatic hydroxyl groups is 1. The van der Waals surface area contributed by atoms with Crippen LogP contribution in [0.15, 0.2) is 0 Å². The molecule has 21 heavy (non-hydrogen) atoms. The van der Waals surface area contributed by atoms with Gasteiger partial charge in [-0.2, -0.15) is 27.0 Å². The van der Waals surface area contributed by atoms with E-state index in [2.05, 4.69) is 5.32 Å². The summed E-state index contributed by atoms with van der Waals surface area (Å²) in [5.41, 5.74) is -1.37. The number of ether oxygens (including phenoxy) is 2. The Morgan fingerprint density at radius 1 is 0.952 bits per heavy atom. The van der Waals surface area contributed by atoms with Crippen LogP contribution in [0, 0.1) is 0 Å². The highest BCUT2D eigenvalue weighted by molar-refractivity contribution is 7.59. The van der Waals surface area contributed by atoms with Crippen molar-refractivity contribution in [3.05, 3.63) is 0 Å². The molecule has 0 heterocycles. The third-order valence-corrected chi connectivity index (χ3v) is 1.82. The molecule has 2 N–H and O–H groups in total. The highest BCUT2D eigenvalue weighted by Crippen LogP contribution is 2.11. The van der Waals surface area contributed by atoms with E-state index >= 15 is 0 Å². The van der Waals surface area contributed by atoms with E-state index in [1.807, 2.05) is 0 Å². The van der Waals surface area contributed by atoms with E-state index in [0.29, 0.717) is 0 Å². The zero-order valence-electron chi connectivity index (χ0n) is 13.7. The third kappa shape index (κ3) is 12.8. The minimum absolute atomic E-state index is 0. The van der Waals surface area contributed by atoms with Crippen LogP contribution in [0.2, 0.25) is 0 Å². The highest BCUT2D eigenvalue weighted by atomic mass is 32.1. The van der Waals surface area contributed by atoms with Crippen molar-refractivity contribution in [2.24, 2.45) is 0 Å². The van der Waals surface area contributed by atoms with Crippen molar-refractivity contribution >= 4 is 39.1 Å². The normalized spacial score (nSPS) is 13.9. The van der Waals surface area contributed by atoms with Gasteiger partial charge in [-0.1, -0.05) is 0 Å². The largest absolute Gasteiger partial charge is 0.458 e. The third-order valence-electron chi connectivity index (χ3n) is 1.82. The average Bonchev–Trinajstić information content (AvgIpc) is 2.07. The fourth-order valence-electron chi connectivity index (χ4n) is 1.18. The molecule has 0 saturated carbocycles. The monoisotopic (exact) mass is 343 g/mol. The molecule has 0 aliphatic carbocycles. The van der Waals surface area contributed by atoms with Crippen molar-refractivity contribution in [3.8, 4) is 0 Å². The highest BCUT2D eigenvalue weighted by Gasteiger charge is 2.31. The van der Waals surface area contributed by atoms with E-state index in [-0.39, 0.29) is 27.0 Å². The summed E-state index contributed by atoms with van der Waals surface area (Å²) in [6.07, 6.45) is -1.85. The standard InChI is InChI=1S/C13H25NO5.2H2S/c1-8(15)9(10(16)18-12(2,3)4)14-11(17)19-13(5,6)7;;/h8-9,15H,1-7H3,(H,14,17);2*1H2/t8-,9-;;/m0../s1. The van der Waals surface area contributed by atoms with Crippen LogP contribution in [0.5, 0.6) is 0 Å². The predicted molar refractivity (Wildman–Crippen MR) is 91.4 cm³/mol. The molecule has 0 aromatic rings. The minimum atomic E-state index is -1.16. The molecule has 0 aliphatic rings. The summed E-state index contributed by atoms with van der Waals surface area (Å²) in [5.74, 6) is -0.701. The molecular formula is C13H29NO5S2. The second kappa shape index (κ2) is 9.42. The van der Waals surface area contributed by atoms with Crippen molar-refractivity contribution in [1.29, 1.82) is 0 Å². The van der Waals surface area contributed by atoms with Gasteiger partial charge in [0.2, 0.25) is 0 Å². The van der Waals surface area contributed by atoms with Crippen LogP contribution in [-0.4, -0.2) is 40.5 Å². The van der Waals surface area contributed by atoms with Crippen molar-refractivity contribution < 1.29 is 24.2 Å². The van der Waals surface area contributed by atoms with Gasteiger partial charge in [0.05, 0.1) is 6.10 Å². The van der Waals surface area contributed by atoms with Crippen LogP contribution in [0.25, 0.3) is 0 Å². The molecule has 0 saturated heterocycles. The molecule has 0 unspecified atom stereocenters. The summed E-state index contributed by atoms with van der Waals surface area (Å²) in [5, 5.41) is 11.9. The number of carbonyl (C=O) groups is 2. The second-order valence-corrected chi connectivity index (χ2v) is 6.40.